The van der Waals surface area contributed by atoms with Gasteiger partial charge >= 0.3 is 5.97 Å². The summed E-state index contributed by atoms with van der Waals surface area (Å²) < 4.78 is 6.16. The molecule has 2 unspecified atom stereocenters. The quantitative estimate of drug-likeness (QED) is 0.378. The van der Waals surface area contributed by atoms with Crippen LogP contribution in [0.1, 0.15) is 48.9 Å². The van der Waals surface area contributed by atoms with Crippen molar-refractivity contribution in [3.8, 4) is 0 Å². The standard InChI is InChI=1S/C27H36NO3.Y/c1-20(2)31-27(30)24-14-9-15-28(18-24,17-23-12-6-5-7-13-23)19-25(29)16-26-21(3)10-8-11-22(26)4;/h5-8,10-13,20,24H,9,14-19H2,1-4H3;/q+1;. The zero-order valence-corrected chi connectivity index (χ0v) is 22.8. The van der Waals surface area contributed by atoms with Gasteiger partial charge in [0.15, 0.2) is 5.78 Å². The van der Waals surface area contributed by atoms with Gasteiger partial charge in [-0.15, -0.1) is 0 Å². The average molecular weight is 511 g/mol. The first-order valence-electron chi connectivity index (χ1n) is 11.4. The summed E-state index contributed by atoms with van der Waals surface area (Å²) in [6, 6.07) is 16.5. The summed E-state index contributed by atoms with van der Waals surface area (Å²) in [5, 5.41) is 0. The molecule has 0 aliphatic carbocycles. The summed E-state index contributed by atoms with van der Waals surface area (Å²) in [5.74, 6) is -0.0217. The maximum absolute atomic E-state index is 13.3. The minimum atomic E-state index is -0.146. The van der Waals surface area contributed by atoms with Crippen LogP contribution in [-0.2, 0) is 60.0 Å². The van der Waals surface area contributed by atoms with E-state index in [9.17, 15) is 9.59 Å². The van der Waals surface area contributed by atoms with Crippen molar-refractivity contribution < 1.29 is 51.5 Å². The van der Waals surface area contributed by atoms with Crippen LogP contribution in [0.4, 0.5) is 0 Å². The molecule has 0 aromatic heterocycles. The molecule has 1 aliphatic rings. The van der Waals surface area contributed by atoms with Crippen LogP contribution in [0, 0.1) is 19.8 Å². The number of carbonyl (C=O) groups is 2. The van der Waals surface area contributed by atoms with Gasteiger partial charge in [-0.25, -0.2) is 0 Å². The molecule has 1 saturated heterocycles. The Morgan fingerprint density at radius 1 is 1.03 bits per heavy atom. The van der Waals surface area contributed by atoms with Crippen LogP contribution in [-0.4, -0.2) is 42.0 Å². The summed E-state index contributed by atoms with van der Waals surface area (Å²) in [7, 11) is 0. The molecule has 32 heavy (non-hydrogen) atoms. The first-order chi connectivity index (χ1) is 14.8. The minimum absolute atomic E-state index is 0. The fourth-order valence-electron chi connectivity index (χ4n) is 4.91. The largest absolute Gasteiger partial charge is 0.463 e. The van der Waals surface area contributed by atoms with Gasteiger partial charge in [-0.05, 0) is 57.2 Å². The Balaban J connectivity index is 0.00000363. The average Bonchev–Trinajstić information content (AvgIpc) is 2.71. The van der Waals surface area contributed by atoms with Crippen molar-refractivity contribution in [2.24, 2.45) is 5.92 Å². The van der Waals surface area contributed by atoms with Crippen molar-refractivity contribution in [3.05, 3.63) is 70.8 Å². The monoisotopic (exact) mass is 511 g/mol. The molecule has 169 valence electrons. The van der Waals surface area contributed by atoms with Gasteiger partial charge in [0.2, 0.25) is 0 Å². The number of benzene rings is 2. The van der Waals surface area contributed by atoms with Crippen LogP contribution < -0.4 is 0 Å². The van der Waals surface area contributed by atoms with E-state index in [-0.39, 0.29) is 56.5 Å². The van der Waals surface area contributed by atoms with Gasteiger partial charge in [-0.3, -0.25) is 9.59 Å². The van der Waals surface area contributed by atoms with Crippen LogP contribution in [0.15, 0.2) is 48.5 Å². The van der Waals surface area contributed by atoms with Crippen LogP contribution in [0.5, 0.6) is 0 Å². The summed E-state index contributed by atoms with van der Waals surface area (Å²) in [4.78, 5) is 26.0. The first kappa shape index (κ1) is 26.9. The van der Waals surface area contributed by atoms with Crippen molar-refractivity contribution in [1.29, 1.82) is 0 Å². The number of hydrogen-bond acceptors (Lipinski definition) is 3. The third kappa shape index (κ3) is 7.33. The number of ketones is 1. The van der Waals surface area contributed by atoms with Crippen molar-refractivity contribution in [2.75, 3.05) is 19.6 Å². The van der Waals surface area contributed by atoms with Crippen molar-refractivity contribution in [2.45, 2.75) is 59.6 Å². The molecule has 0 bridgehead atoms. The first-order valence-corrected chi connectivity index (χ1v) is 11.4. The van der Waals surface area contributed by atoms with Crippen molar-refractivity contribution in [3.63, 3.8) is 0 Å². The van der Waals surface area contributed by atoms with E-state index in [2.05, 4.69) is 38.1 Å². The Morgan fingerprint density at radius 2 is 1.69 bits per heavy atom. The van der Waals surface area contributed by atoms with E-state index in [1.54, 1.807) is 0 Å². The fraction of sp³-hybridized carbons (Fsp3) is 0.481. The van der Waals surface area contributed by atoms with Crippen LogP contribution in [0.25, 0.3) is 0 Å². The molecule has 1 radical (unpaired) electrons. The fourth-order valence-corrected chi connectivity index (χ4v) is 4.91. The summed E-state index contributed by atoms with van der Waals surface area (Å²) in [5.41, 5.74) is 4.68. The third-order valence-electron chi connectivity index (χ3n) is 6.37. The smallest absolute Gasteiger partial charge is 0.314 e. The Bertz CT molecular complexity index is 892. The number of hydrogen-bond donors (Lipinski definition) is 0. The number of quaternary nitrogens is 1. The van der Waals surface area contributed by atoms with E-state index in [1.165, 1.54) is 16.7 Å². The number of Topliss-reactive ketones (excluding diaryl/α,β-unsaturated/α-hetero) is 1. The molecule has 2 aromatic carbocycles. The molecule has 2 aromatic rings. The second-order valence-corrected chi connectivity index (χ2v) is 9.46. The number of aryl methyl sites for hydroxylation is 2. The van der Waals surface area contributed by atoms with Gasteiger partial charge in [0.1, 0.15) is 19.0 Å². The Kier molecular flexibility index (Phi) is 10.3. The molecule has 0 spiro atoms. The zero-order valence-electron chi connectivity index (χ0n) is 20.0. The number of carbonyl (C=O) groups excluding carboxylic acids is 2. The summed E-state index contributed by atoms with van der Waals surface area (Å²) in [6.07, 6.45) is 2.11. The zero-order chi connectivity index (χ0) is 22.4. The summed E-state index contributed by atoms with van der Waals surface area (Å²) >= 11 is 0. The van der Waals surface area contributed by atoms with Gasteiger partial charge in [-0.1, -0.05) is 48.5 Å². The summed E-state index contributed by atoms with van der Waals surface area (Å²) in [6.45, 7) is 10.7. The van der Waals surface area contributed by atoms with Gasteiger partial charge in [0.05, 0.1) is 19.2 Å². The second kappa shape index (κ2) is 12.2. The van der Waals surface area contributed by atoms with Crippen LogP contribution in [0.3, 0.4) is 0 Å². The van der Waals surface area contributed by atoms with E-state index in [0.29, 0.717) is 24.0 Å². The SMILES string of the molecule is Cc1cccc(C)c1CC(=O)C[N+]1(Cc2ccccc2)CCCC(C(=O)OC(C)C)C1.[Y]. The van der Waals surface area contributed by atoms with E-state index in [4.69, 9.17) is 4.74 Å². The molecule has 3 rings (SSSR count). The molecular weight excluding hydrogens is 475 g/mol. The van der Waals surface area contributed by atoms with E-state index >= 15 is 0 Å². The minimum Gasteiger partial charge on any atom is -0.463 e. The van der Waals surface area contributed by atoms with Gasteiger partial charge in [0, 0.05) is 44.7 Å². The molecule has 0 amide bonds. The van der Waals surface area contributed by atoms with E-state index < -0.39 is 0 Å². The Labute approximate surface area is 218 Å². The number of piperidine rings is 1. The van der Waals surface area contributed by atoms with Crippen LogP contribution in [0.2, 0.25) is 0 Å². The Hall–Kier alpha value is -1.36. The third-order valence-corrected chi connectivity index (χ3v) is 6.37. The Morgan fingerprint density at radius 3 is 2.31 bits per heavy atom. The number of rotatable bonds is 8. The predicted octanol–water partition coefficient (Wildman–Crippen LogP) is 4.79. The molecule has 0 N–H and O–H groups in total. The van der Waals surface area contributed by atoms with E-state index in [0.717, 1.165) is 31.5 Å². The normalized spacial score (nSPS) is 20.5. The van der Waals surface area contributed by atoms with E-state index in [1.807, 2.05) is 38.1 Å². The van der Waals surface area contributed by atoms with Crippen molar-refractivity contribution >= 4 is 11.8 Å². The molecule has 1 fully saturated rings. The maximum atomic E-state index is 13.3. The number of likely N-dealkylation sites (tertiary alicyclic amines) is 1. The molecule has 4 nitrogen and oxygen atoms in total. The number of ether oxygens (including phenoxy) is 1. The maximum Gasteiger partial charge on any atom is 0.314 e. The molecular formula is C27H36NO3Y+. The van der Waals surface area contributed by atoms with Crippen LogP contribution >= 0.6 is 0 Å². The number of esters is 1. The van der Waals surface area contributed by atoms with Gasteiger partial charge < -0.3 is 9.22 Å². The van der Waals surface area contributed by atoms with Crippen molar-refractivity contribution in [1.82, 2.24) is 0 Å². The molecule has 1 heterocycles. The molecule has 2 atom stereocenters. The molecule has 0 saturated carbocycles. The molecule has 1 aliphatic heterocycles. The topological polar surface area (TPSA) is 43.4 Å². The second-order valence-electron chi connectivity index (χ2n) is 9.46. The predicted molar refractivity (Wildman–Crippen MR) is 124 cm³/mol. The van der Waals surface area contributed by atoms with Gasteiger partial charge in [0.25, 0.3) is 0 Å². The van der Waals surface area contributed by atoms with Gasteiger partial charge in [-0.2, -0.15) is 0 Å². The number of nitrogens with zero attached hydrogens (tertiary/aromatic N) is 1. The molecule has 5 heteroatoms.